The van der Waals surface area contributed by atoms with Gasteiger partial charge < -0.3 is 10.6 Å². The van der Waals surface area contributed by atoms with Gasteiger partial charge in [0.2, 0.25) is 0 Å². The summed E-state index contributed by atoms with van der Waals surface area (Å²) < 4.78 is 1.75. The van der Waals surface area contributed by atoms with Crippen LogP contribution in [0.15, 0.2) is 36.9 Å². The minimum atomic E-state index is 0.148. The van der Waals surface area contributed by atoms with E-state index < -0.39 is 0 Å². The van der Waals surface area contributed by atoms with E-state index in [1.165, 1.54) is 23.1 Å². The number of hydrogen-bond acceptors (Lipinski definition) is 6. The van der Waals surface area contributed by atoms with E-state index in [0.29, 0.717) is 0 Å². The van der Waals surface area contributed by atoms with Crippen LogP contribution in [0.3, 0.4) is 0 Å². The Balaban J connectivity index is 1.56. The van der Waals surface area contributed by atoms with Crippen LogP contribution in [0.4, 0.5) is 5.82 Å². The lowest BCUT2D eigenvalue weighted by Gasteiger charge is -2.19. The molecule has 0 amide bonds. The first-order valence-electron chi connectivity index (χ1n) is 8.99. The molecule has 134 valence electrons. The van der Waals surface area contributed by atoms with Crippen molar-refractivity contribution in [2.75, 3.05) is 18.4 Å². The summed E-state index contributed by atoms with van der Waals surface area (Å²) in [5, 5.41) is 11.2. The Morgan fingerprint density at radius 3 is 2.69 bits per heavy atom. The first-order valence-corrected chi connectivity index (χ1v) is 8.99. The molecule has 0 radical (unpaired) electrons. The normalized spacial score (nSPS) is 15.2. The Labute approximate surface area is 152 Å². The van der Waals surface area contributed by atoms with E-state index in [4.69, 9.17) is 0 Å². The van der Waals surface area contributed by atoms with Crippen LogP contribution in [0, 0.1) is 6.92 Å². The maximum Gasteiger partial charge on any atom is 0.138 e. The van der Waals surface area contributed by atoms with Crippen LogP contribution in [0.25, 0.3) is 5.69 Å². The topological polar surface area (TPSA) is 80.6 Å². The average molecular weight is 349 g/mol. The molecule has 0 saturated heterocycles. The number of anilines is 1. The Morgan fingerprint density at radius 1 is 1.12 bits per heavy atom. The highest BCUT2D eigenvalue weighted by Crippen LogP contribution is 2.25. The number of nitrogens with zero attached hydrogens (tertiary/aromatic N) is 5. The molecule has 1 aliphatic heterocycles. The Morgan fingerprint density at radius 2 is 1.92 bits per heavy atom. The number of rotatable bonds is 4. The molecule has 3 aromatic rings. The molecule has 2 aromatic heterocycles. The monoisotopic (exact) mass is 349 g/mol. The van der Waals surface area contributed by atoms with Crippen molar-refractivity contribution in [3.8, 4) is 5.69 Å². The fraction of sp³-hybridized carbons (Fsp3) is 0.368. The molecular weight excluding hydrogens is 326 g/mol. The van der Waals surface area contributed by atoms with Crippen LogP contribution in [-0.4, -0.2) is 37.8 Å². The smallest absolute Gasteiger partial charge is 0.138 e. The standard InChI is InChI=1S/C19H23N7/c1-13(15-3-5-16(6-4-15)26-12-21-11-22-26)23-19-17-7-9-20-10-8-18(17)24-14(2)25-19/h3-6,11-13,20H,7-10H2,1-2H3,(H,23,24,25). The summed E-state index contributed by atoms with van der Waals surface area (Å²) in [5.41, 5.74) is 4.60. The van der Waals surface area contributed by atoms with Crippen LogP contribution in [0.1, 0.15) is 35.6 Å². The van der Waals surface area contributed by atoms with Crippen LogP contribution in [0.5, 0.6) is 0 Å². The third kappa shape index (κ3) is 3.43. The lowest BCUT2D eigenvalue weighted by molar-refractivity contribution is 0.708. The van der Waals surface area contributed by atoms with Crippen molar-refractivity contribution in [3.63, 3.8) is 0 Å². The van der Waals surface area contributed by atoms with Crippen molar-refractivity contribution in [1.29, 1.82) is 0 Å². The van der Waals surface area contributed by atoms with Crippen molar-refractivity contribution in [2.45, 2.75) is 32.7 Å². The van der Waals surface area contributed by atoms with E-state index >= 15 is 0 Å². The molecule has 26 heavy (non-hydrogen) atoms. The van der Waals surface area contributed by atoms with Gasteiger partial charge in [0.15, 0.2) is 0 Å². The van der Waals surface area contributed by atoms with Gasteiger partial charge in [0, 0.05) is 24.6 Å². The highest BCUT2D eigenvalue weighted by molar-refractivity contribution is 5.49. The predicted octanol–water partition coefficient (Wildman–Crippen LogP) is 2.23. The highest BCUT2D eigenvalue weighted by atomic mass is 15.3. The van der Waals surface area contributed by atoms with Gasteiger partial charge in [0.1, 0.15) is 24.3 Å². The van der Waals surface area contributed by atoms with E-state index in [0.717, 1.165) is 43.3 Å². The lowest BCUT2D eigenvalue weighted by atomic mass is 10.1. The molecule has 0 fully saturated rings. The molecular formula is C19H23N7. The Bertz CT molecular complexity index is 872. The van der Waals surface area contributed by atoms with Crippen molar-refractivity contribution in [3.05, 3.63) is 59.6 Å². The second kappa shape index (κ2) is 7.21. The number of benzene rings is 1. The lowest BCUT2D eigenvalue weighted by Crippen LogP contribution is -2.16. The van der Waals surface area contributed by atoms with Crippen LogP contribution < -0.4 is 10.6 Å². The minimum absolute atomic E-state index is 0.148. The van der Waals surface area contributed by atoms with Crippen LogP contribution in [0.2, 0.25) is 0 Å². The number of aryl methyl sites for hydroxylation is 1. The summed E-state index contributed by atoms with van der Waals surface area (Å²) in [5.74, 6) is 1.78. The SMILES string of the molecule is Cc1nc2c(c(NC(C)c3ccc(-n4cncn4)cc3)n1)CCNCC2. The summed E-state index contributed by atoms with van der Waals surface area (Å²) in [6.45, 7) is 6.06. The maximum absolute atomic E-state index is 4.68. The van der Waals surface area contributed by atoms with Gasteiger partial charge in [-0.15, -0.1) is 0 Å². The van der Waals surface area contributed by atoms with Gasteiger partial charge in [0.25, 0.3) is 0 Å². The zero-order valence-electron chi connectivity index (χ0n) is 15.1. The molecule has 7 heteroatoms. The number of aromatic nitrogens is 5. The van der Waals surface area contributed by atoms with Crippen molar-refractivity contribution in [1.82, 2.24) is 30.0 Å². The van der Waals surface area contributed by atoms with E-state index in [-0.39, 0.29) is 6.04 Å². The van der Waals surface area contributed by atoms with E-state index in [9.17, 15) is 0 Å². The fourth-order valence-corrected chi connectivity index (χ4v) is 3.33. The zero-order valence-corrected chi connectivity index (χ0v) is 15.1. The van der Waals surface area contributed by atoms with Crippen molar-refractivity contribution >= 4 is 5.82 Å². The van der Waals surface area contributed by atoms with Gasteiger partial charge in [-0.25, -0.2) is 19.6 Å². The fourth-order valence-electron chi connectivity index (χ4n) is 3.33. The number of nitrogens with one attached hydrogen (secondary N) is 2. The Hall–Kier alpha value is -2.80. The number of hydrogen-bond donors (Lipinski definition) is 2. The first-order chi connectivity index (χ1) is 12.7. The van der Waals surface area contributed by atoms with E-state index in [1.807, 2.05) is 6.92 Å². The third-order valence-corrected chi connectivity index (χ3v) is 4.72. The van der Waals surface area contributed by atoms with Crippen molar-refractivity contribution in [2.24, 2.45) is 0 Å². The second-order valence-corrected chi connectivity index (χ2v) is 6.59. The van der Waals surface area contributed by atoms with Gasteiger partial charge in [0.05, 0.1) is 11.4 Å². The van der Waals surface area contributed by atoms with E-state index in [2.05, 4.69) is 61.9 Å². The molecule has 0 bridgehead atoms. The largest absolute Gasteiger partial charge is 0.363 e. The van der Waals surface area contributed by atoms with Gasteiger partial charge in [-0.05, 0) is 44.5 Å². The molecule has 1 aromatic carbocycles. The highest BCUT2D eigenvalue weighted by Gasteiger charge is 2.17. The molecule has 0 saturated carbocycles. The van der Waals surface area contributed by atoms with E-state index in [1.54, 1.807) is 11.0 Å². The average Bonchev–Trinajstić information content (AvgIpc) is 3.08. The van der Waals surface area contributed by atoms with Crippen LogP contribution in [-0.2, 0) is 12.8 Å². The summed E-state index contributed by atoms with van der Waals surface area (Å²) in [7, 11) is 0. The number of fused-ring (bicyclic) bond motifs is 1. The zero-order chi connectivity index (χ0) is 17.9. The Kier molecular flexibility index (Phi) is 4.62. The van der Waals surface area contributed by atoms with Crippen molar-refractivity contribution < 1.29 is 0 Å². The summed E-state index contributed by atoms with van der Waals surface area (Å²) in [6.07, 6.45) is 5.14. The van der Waals surface area contributed by atoms with Gasteiger partial charge in [-0.1, -0.05) is 12.1 Å². The maximum atomic E-state index is 4.68. The summed E-state index contributed by atoms with van der Waals surface area (Å²) in [4.78, 5) is 13.3. The molecule has 1 atom stereocenters. The third-order valence-electron chi connectivity index (χ3n) is 4.72. The predicted molar refractivity (Wildman–Crippen MR) is 100 cm³/mol. The molecule has 0 spiro atoms. The molecule has 4 rings (SSSR count). The van der Waals surface area contributed by atoms with Gasteiger partial charge >= 0.3 is 0 Å². The molecule has 7 nitrogen and oxygen atoms in total. The molecule has 1 unspecified atom stereocenters. The van der Waals surface area contributed by atoms with Gasteiger partial charge in [-0.3, -0.25) is 0 Å². The summed E-state index contributed by atoms with van der Waals surface area (Å²) >= 11 is 0. The van der Waals surface area contributed by atoms with Gasteiger partial charge in [-0.2, -0.15) is 5.10 Å². The molecule has 0 aliphatic carbocycles. The second-order valence-electron chi connectivity index (χ2n) is 6.59. The molecule has 1 aliphatic rings. The molecule has 2 N–H and O–H groups in total. The minimum Gasteiger partial charge on any atom is -0.363 e. The summed E-state index contributed by atoms with van der Waals surface area (Å²) in [6, 6.07) is 8.48. The molecule has 3 heterocycles. The van der Waals surface area contributed by atoms with Crippen LogP contribution >= 0.6 is 0 Å². The quantitative estimate of drug-likeness (QED) is 0.752. The first kappa shape index (κ1) is 16.7.